The molecule has 0 aliphatic carbocycles. The number of hydrogen-bond acceptors (Lipinski definition) is 5. The number of fused-ring (bicyclic) bond motifs is 1. The van der Waals surface area contributed by atoms with Crippen molar-refractivity contribution >= 4 is 50.3 Å². The summed E-state index contributed by atoms with van der Waals surface area (Å²) < 4.78 is 19.1. The lowest BCUT2D eigenvalue weighted by Crippen LogP contribution is -2.26. The summed E-state index contributed by atoms with van der Waals surface area (Å²) in [5.74, 6) is -0.863. The van der Waals surface area contributed by atoms with Crippen molar-refractivity contribution in [3.63, 3.8) is 0 Å². The van der Waals surface area contributed by atoms with Gasteiger partial charge in [0.2, 0.25) is 0 Å². The second kappa shape index (κ2) is 7.27. The van der Waals surface area contributed by atoms with Crippen molar-refractivity contribution < 1.29 is 18.7 Å². The van der Waals surface area contributed by atoms with Crippen molar-refractivity contribution in [1.82, 2.24) is 9.88 Å². The average molecular weight is 394 g/mol. The number of amides is 2. The van der Waals surface area contributed by atoms with E-state index in [0.29, 0.717) is 20.4 Å². The number of hydrogen-bond donors (Lipinski definition) is 1. The van der Waals surface area contributed by atoms with Crippen LogP contribution in [0.1, 0.15) is 10.4 Å². The lowest BCUT2D eigenvalue weighted by molar-refractivity contribution is 0.102. The van der Waals surface area contributed by atoms with Crippen LogP contribution >= 0.6 is 22.9 Å². The van der Waals surface area contributed by atoms with Crippen LogP contribution in [-0.4, -0.2) is 36.0 Å². The maximum atomic E-state index is 13.3. The number of carbonyl (C=O) groups excluding carboxylic acids is 2. The van der Waals surface area contributed by atoms with Crippen LogP contribution in [0.4, 0.5) is 14.3 Å². The van der Waals surface area contributed by atoms with Crippen LogP contribution in [0.2, 0.25) is 5.02 Å². The quantitative estimate of drug-likeness (QED) is 0.715. The van der Waals surface area contributed by atoms with Gasteiger partial charge in [0, 0.05) is 19.1 Å². The zero-order valence-corrected chi connectivity index (χ0v) is 15.3. The maximum absolute atomic E-state index is 13.3. The van der Waals surface area contributed by atoms with Crippen molar-refractivity contribution in [1.29, 1.82) is 0 Å². The number of rotatable bonds is 3. The van der Waals surface area contributed by atoms with Gasteiger partial charge in [0.25, 0.3) is 5.91 Å². The molecule has 2 aromatic carbocycles. The third-order valence-corrected chi connectivity index (χ3v) is 4.49. The monoisotopic (exact) mass is 393 g/mol. The number of carbonyl (C=O) groups is 2. The van der Waals surface area contributed by atoms with Crippen LogP contribution in [-0.2, 0) is 0 Å². The Morgan fingerprint density at radius 2 is 2.00 bits per heavy atom. The minimum absolute atomic E-state index is 0.0674. The molecule has 0 aliphatic heterocycles. The van der Waals surface area contributed by atoms with E-state index in [-0.39, 0.29) is 17.1 Å². The molecule has 1 heterocycles. The number of halogens is 2. The molecule has 2 amide bonds. The minimum Gasteiger partial charge on any atom is -0.409 e. The highest BCUT2D eigenvalue weighted by Crippen LogP contribution is 2.29. The number of nitrogens with zero attached hydrogens (tertiary/aromatic N) is 2. The molecule has 3 rings (SSSR count). The molecule has 26 heavy (non-hydrogen) atoms. The van der Waals surface area contributed by atoms with E-state index in [2.05, 4.69) is 10.3 Å². The number of anilines is 1. The molecular formula is C17H13ClFN3O3S. The summed E-state index contributed by atoms with van der Waals surface area (Å²) in [6, 6.07) is 8.50. The first-order chi connectivity index (χ1) is 12.3. The molecule has 0 bridgehead atoms. The van der Waals surface area contributed by atoms with Gasteiger partial charge in [-0.3, -0.25) is 10.1 Å². The summed E-state index contributed by atoms with van der Waals surface area (Å²) in [4.78, 5) is 29.8. The van der Waals surface area contributed by atoms with Gasteiger partial charge < -0.3 is 9.64 Å². The Bertz CT molecular complexity index is 1010. The highest BCUT2D eigenvalue weighted by atomic mass is 35.5. The molecule has 0 atom stereocenters. The van der Waals surface area contributed by atoms with Gasteiger partial charge in [-0.05, 0) is 36.4 Å². The van der Waals surface area contributed by atoms with Gasteiger partial charge in [0.15, 0.2) is 5.13 Å². The van der Waals surface area contributed by atoms with Crippen molar-refractivity contribution in [3.8, 4) is 5.75 Å². The van der Waals surface area contributed by atoms with E-state index in [4.69, 9.17) is 16.3 Å². The van der Waals surface area contributed by atoms with Crippen LogP contribution in [0.3, 0.4) is 0 Å². The Kier molecular flexibility index (Phi) is 5.06. The number of thiazole rings is 1. The summed E-state index contributed by atoms with van der Waals surface area (Å²) >= 11 is 7.09. The smallest absolute Gasteiger partial charge is 0.409 e. The molecule has 0 radical (unpaired) electrons. The highest BCUT2D eigenvalue weighted by Gasteiger charge is 2.18. The Labute approximate surface area is 157 Å². The fourth-order valence-corrected chi connectivity index (χ4v) is 3.13. The SMILES string of the molecule is CN(C)C(=O)Oc1ccc(Cl)cc1C(=O)Nc1nc2ccc(F)cc2s1. The van der Waals surface area contributed by atoms with Crippen LogP contribution in [0.5, 0.6) is 5.75 Å². The summed E-state index contributed by atoms with van der Waals surface area (Å²) in [6.45, 7) is 0. The summed E-state index contributed by atoms with van der Waals surface area (Å²) in [7, 11) is 3.05. The van der Waals surface area contributed by atoms with Gasteiger partial charge in [-0.1, -0.05) is 22.9 Å². The zero-order chi connectivity index (χ0) is 18.8. The first-order valence-corrected chi connectivity index (χ1v) is 8.59. The van der Waals surface area contributed by atoms with Gasteiger partial charge in [-0.2, -0.15) is 0 Å². The molecule has 0 saturated carbocycles. The number of benzene rings is 2. The zero-order valence-electron chi connectivity index (χ0n) is 13.7. The first-order valence-electron chi connectivity index (χ1n) is 7.39. The predicted octanol–water partition coefficient (Wildman–Crippen LogP) is 4.40. The number of ether oxygens (including phenoxy) is 1. The van der Waals surface area contributed by atoms with Gasteiger partial charge in [-0.15, -0.1) is 0 Å². The van der Waals surface area contributed by atoms with E-state index in [0.717, 1.165) is 11.3 Å². The Hall–Kier alpha value is -2.71. The Morgan fingerprint density at radius 3 is 2.73 bits per heavy atom. The van der Waals surface area contributed by atoms with E-state index in [9.17, 15) is 14.0 Å². The molecule has 0 spiro atoms. The Morgan fingerprint density at radius 1 is 1.23 bits per heavy atom. The van der Waals surface area contributed by atoms with Crippen molar-refractivity contribution in [2.75, 3.05) is 19.4 Å². The molecule has 1 aromatic heterocycles. The van der Waals surface area contributed by atoms with Crippen LogP contribution < -0.4 is 10.1 Å². The minimum atomic E-state index is -0.628. The largest absolute Gasteiger partial charge is 0.414 e. The maximum Gasteiger partial charge on any atom is 0.414 e. The molecule has 1 N–H and O–H groups in total. The lowest BCUT2D eigenvalue weighted by Gasteiger charge is -2.13. The summed E-state index contributed by atoms with van der Waals surface area (Å²) in [6.07, 6.45) is -0.628. The molecule has 0 aliphatic rings. The lowest BCUT2D eigenvalue weighted by atomic mass is 10.2. The second-order valence-corrected chi connectivity index (χ2v) is 6.96. The molecular weight excluding hydrogens is 381 g/mol. The molecule has 3 aromatic rings. The summed E-state index contributed by atoms with van der Waals surface area (Å²) in [5.41, 5.74) is 0.648. The molecule has 6 nitrogen and oxygen atoms in total. The van der Waals surface area contributed by atoms with E-state index < -0.39 is 12.0 Å². The fraction of sp³-hybridized carbons (Fsp3) is 0.118. The molecule has 9 heteroatoms. The Balaban J connectivity index is 1.88. The fourth-order valence-electron chi connectivity index (χ4n) is 2.07. The van der Waals surface area contributed by atoms with Crippen molar-refractivity contribution in [3.05, 3.63) is 52.8 Å². The van der Waals surface area contributed by atoms with Crippen molar-refractivity contribution in [2.45, 2.75) is 0 Å². The van der Waals surface area contributed by atoms with E-state index >= 15 is 0 Å². The van der Waals surface area contributed by atoms with Gasteiger partial charge in [-0.25, -0.2) is 14.2 Å². The van der Waals surface area contributed by atoms with E-state index in [1.54, 1.807) is 0 Å². The number of nitrogens with one attached hydrogen (secondary N) is 1. The third kappa shape index (κ3) is 3.92. The standard InChI is InChI=1S/C17H13ClFN3O3S/c1-22(2)17(24)25-13-6-3-9(18)7-11(13)15(23)21-16-20-12-5-4-10(19)8-14(12)26-16/h3-8H,1-2H3,(H,20,21,23). The van der Waals surface area contributed by atoms with E-state index in [1.807, 2.05) is 0 Å². The van der Waals surface area contributed by atoms with Gasteiger partial charge in [0.1, 0.15) is 11.6 Å². The van der Waals surface area contributed by atoms with Gasteiger partial charge >= 0.3 is 6.09 Å². The predicted molar refractivity (Wildman–Crippen MR) is 98.7 cm³/mol. The number of aromatic nitrogens is 1. The van der Waals surface area contributed by atoms with Crippen molar-refractivity contribution in [2.24, 2.45) is 0 Å². The third-order valence-electron chi connectivity index (χ3n) is 3.32. The van der Waals surface area contributed by atoms with Crippen LogP contribution in [0.15, 0.2) is 36.4 Å². The second-order valence-electron chi connectivity index (χ2n) is 5.49. The normalized spacial score (nSPS) is 10.6. The van der Waals surface area contributed by atoms with Crippen LogP contribution in [0.25, 0.3) is 10.2 Å². The molecule has 134 valence electrons. The van der Waals surface area contributed by atoms with Crippen LogP contribution in [0, 0.1) is 5.82 Å². The average Bonchev–Trinajstić information content (AvgIpc) is 2.97. The summed E-state index contributed by atoms with van der Waals surface area (Å²) in [5, 5.41) is 3.22. The topological polar surface area (TPSA) is 71.5 Å². The first kappa shape index (κ1) is 18.1. The molecule has 0 unspecified atom stereocenters. The highest BCUT2D eigenvalue weighted by molar-refractivity contribution is 7.22. The molecule has 0 saturated heterocycles. The van der Waals surface area contributed by atoms with Gasteiger partial charge in [0.05, 0.1) is 15.8 Å². The molecule has 0 fully saturated rings. The van der Waals surface area contributed by atoms with E-state index in [1.165, 1.54) is 55.4 Å².